The van der Waals surface area contributed by atoms with Gasteiger partial charge in [-0.25, -0.2) is 0 Å². The molecule has 1 rings (SSSR count). The summed E-state index contributed by atoms with van der Waals surface area (Å²) in [6.45, 7) is 4.53. The lowest BCUT2D eigenvalue weighted by Crippen LogP contribution is -1.96. The SMILES string of the molecule is C=Cc1ccccc1CCOC. The first-order valence-corrected chi connectivity index (χ1v) is 4.07. The van der Waals surface area contributed by atoms with Crippen LogP contribution in [-0.2, 0) is 11.2 Å². The van der Waals surface area contributed by atoms with Crippen LogP contribution < -0.4 is 0 Å². The molecule has 1 heteroatoms. The van der Waals surface area contributed by atoms with Crippen LogP contribution in [0.25, 0.3) is 6.08 Å². The fraction of sp³-hybridized carbons (Fsp3) is 0.273. The Morgan fingerprint density at radius 1 is 1.42 bits per heavy atom. The summed E-state index contributed by atoms with van der Waals surface area (Å²) < 4.78 is 5.01. The average Bonchev–Trinajstić information content (AvgIpc) is 2.15. The molecular weight excluding hydrogens is 148 g/mol. The third-order valence-electron chi connectivity index (χ3n) is 1.85. The molecule has 1 nitrogen and oxygen atoms in total. The fourth-order valence-electron chi connectivity index (χ4n) is 1.17. The quantitative estimate of drug-likeness (QED) is 0.661. The van der Waals surface area contributed by atoms with Gasteiger partial charge < -0.3 is 4.74 Å². The van der Waals surface area contributed by atoms with Crippen LogP contribution in [0.15, 0.2) is 30.8 Å². The summed E-state index contributed by atoms with van der Waals surface area (Å²) in [5, 5.41) is 0. The fourth-order valence-corrected chi connectivity index (χ4v) is 1.17. The highest BCUT2D eigenvalue weighted by molar-refractivity contribution is 5.51. The van der Waals surface area contributed by atoms with Gasteiger partial charge in [0.1, 0.15) is 0 Å². The molecule has 0 aliphatic heterocycles. The molecular formula is C11H14O. The molecule has 64 valence electrons. The summed E-state index contributed by atoms with van der Waals surface area (Å²) in [5.41, 5.74) is 2.50. The van der Waals surface area contributed by atoms with E-state index in [0.717, 1.165) is 13.0 Å². The maximum Gasteiger partial charge on any atom is 0.0502 e. The van der Waals surface area contributed by atoms with Gasteiger partial charge in [-0.2, -0.15) is 0 Å². The van der Waals surface area contributed by atoms with Crippen molar-refractivity contribution in [1.29, 1.82) is 0 Å². The van der Waals surface area contributed by atoms with E-state index in [4.69, 9.17) is 4.74 Å². The minimum atomic E-state index is 0.769. The van der Waals surface area contributed by atoms with Crippen molar-refractivity contribution in [3.63, 3.8) is 0 Å². The summed E-state index contributed by atoms with van der Waals surface area (Å²) in [4.78, 5) is 0. The van der Waals surface area contributed by atoms with Gasteiger partial charge in [0.15, 0.2) is 0 Å². The zero-order valence-corrected chi connectivity index (χ0v) is 7.42. The first kappa shape index (κ1) is 9.01. The standard InChI is InChI=1S/C11H14O/c1-3-10-6-4-5-7-11(10)8-9-12-2/h3-7H,1,8-9H2,2H3. The second kappa shape index (κ2) is 4.73. The highest BCUT2D eigenvalue weighted by Crippen LogP contribution is 2.10. The highest BCUT2D eigenvalue weighted by Gasteiger charge is 1.96. The summed E-state index contributed by atoms with van der Waals surface area (Å²) in [7, 11) is 1.72. The number of ether oxygens (including phenoxy) is 1. The topological polar surface area (TPSA) is 9.23 Å². The van der Waals surface area contributed by atoms with Crippen LogP contribution in [0, 0.1) is 0 Å². The summed E-state index contributed by atoms with van der Waals surface area (Å²) in [6.07, 6.45) is 2.84. The predicted molar refractivity (Wildman–Crippen MR) is 52.1 cm³/mol. The van der Waals surface area contributed by atoms with Crippen LogP contribution in [0.4, 0.5) is 0 Å². The minimum absolute atomic E-state index is 0.769. The van der Waals surface area contributed by atoms with Crippen molar-refractivity contribution in [2.75, 3.05) is 13.7 Å². The second-order valence-electron chi connectivity index (χ2n) is 2.65. The number of hydrogen-bond acceptors (Lipinski definition) is 1. The van der Waals surface area contributed by atoms with Gasteiger partial charge in [-0.1, -0.05) is 36.9 Å². The molecule has 0 unspecified atom stereocenters. The number of benzene rings is 1. The van der Waals surface area contributed by atoms with E-state index in [1.807, 2.05) is 18.2 Å². The lowest BCUT2D eigenvalue weighted by molar-refractivity contribution is 0.202. The van der Waals surface area contributed by atoms with Crippen LogP contribution in [0.2, 0.25) is 0 Å². The predicted octanol–water partition coefficient (Wildman–Crippen LogP) is 2.52. The smallest absolute Gasteiger partial charge is 0.0502 e. The Bertz CT molecular complexity index is 253. The van der Waals surface area contributed by atoms with Gasteiger partial charge in [0.05, 0.1) is 6.61 Å². The Hall–Kier alpha value is -1.08. The molecule has 0 saturated heterocycles. The normalized spacial score (nSPS) is 9.75. The zero-order valence-electron chi connectivity index (χ0n) is 7.42. The van der Waals surface area contributed by atoms with Crippen molar-refractivity contribution in [2.24, 2.45) is 0 Å². The van der Waals surface area contributed by atoms with Gasteiger partial charge in [0.25, 0.3) is 0 Å². The summed E-state index contributed by atoms with van der Waals surface area (Å²) in [5.74, 6) is 0. The Morgan fingerprint density at radius 2 is 2.17 bits per heavy atom. The van der Waals surface area contributed by atoms with Crippen molar-refractivity contribution >= 4 is 6.08 Å². The van der Waals surface area contributed by atoms with Crippen molar-refractivity contribution in [3.8, 4) is 0 Å². The molecule has 0 spiro atoms. The van der Waals surface area contributed by atoms with Crippen molar-refractivity contribution in [3.05, 3.63) is 42.0 Å². The van der Waals surface area contributed by atoms with Crippen LogP contribution >= 0.6 is 0 Å². The van der Waals surface area contributed by atoms with Gasteiger partial charge in [0.2, 0.25) is 0 Å². The Kier molecular flexibility index (Phi) is 3.55. The molecule has 0 bridgehead atoms. The van der Waals surface area contributed by atoms with E-state index in [-0.39, 0.29) is 0 Å². The molecule has 0 aliphatic rings. The van der Waals surface area contributed by atoms with Crippen molar-refractivity contribution in [1.82, 2.24) is 0 Å². The minimum Gasteiger partial charge on any atom is -0.384 e. The van der Waals surface area contributed by atoms with E-state index >= 15 is 0 Å². The van der Waals surface area contributed by atoms with Gasteiger partial charge >= 0.3 is 0 Å². The molecule has 12 heavy (non-hydrogen) atoms. The molecule has 0 aliphatic carbocycles. The summed E-state index contributed by atoms with van der Waals surface area (Å²) >= 11 is 0. The van der Waals surface area contributed by atoms with E-state index in [0.29, 0.717) is 0 Å². The van der Waals surface area contributed by atoms with Crippen molar-refractivity contribution in [2.45, 2.75) is 6.42 Å². The van der Waals surface area contributed by atoms with Gasteiger partial charge in [0, 0.05) is 7.11 Å². The molecule has 0 atom stereocenters. The lowest BCUT2D eigenvalue weighted by atomic mass is 10.1. The molecule has 0 fully saturated rings. The molecule has 0 saturated carbocycles. The maximum atomic E-state index is 5.01. The largest absolute Gasteiger partial charge is 0.384 e. The van der Waals surface area contributed by atoms with Crippen LogP contribution in [0.3, 0.4) is 0 Å². The van der Waals surface area contributed by atoms with Gasteiger partial charge in [-0.05, 0) is 17.5 Å². The molecule has 0 aromatic heterocycles. The monoisotopic (exact) mass is 162 g/mol. The maximum absolute atomic E-state index is 5.01. The third-order valence-corrected chi connectivity index (χ3v) is 1.85. The Morgan fingerprint density at radius 3 is 2.83 bits per heavy atom. The lowest BCUT2D eigenvalue weighted by Gasteiger charge is -2.03. The first-order valence-electron chi connectivity index (χ1n) is 4.07. The van der Waals surface area contributed by atoms with E-state index < -0.39 is 0 Å². The van der Waals surface area contributed by atoms with E-state index in [1.54, 1.807) is 7.11 Å². The van der Waals surface area contributed by atoms with Gasteiger partial charge in [-0.15, -0.1) is 0 Å². The average molecular weight is 162 g/mol. The van der Waals surface area contributed by atoms with Gasteiger partial charge in [-0.3, -0.25) is 0 Å². The Balaban J connectivity index is 2.75. The Labute approximate surface area is 73.7 Å². The number of methoxy groups -OCH3 is 1. The van der Waals surface area contributed by atoms with E-state index in [1.165, 1.54) is 11.1 Å². The zero-order chi connectivity index (χ0) is 8.81. The molecule has 1 aromatic carbocycles. The van der Waals surface area contributed by atoms with E-state index in [2.05, 4.69) is 18.7 Å². The van der Waals surface area contributed by atoms with Crippen molar-refractivity contribution < 1.29 is 4.74 Å². The number of hydrogen-bond donors (Lipinski definition) is 0. The van der Waals surface area contributed by atoms with Crippen LogP contribution in [-0.4, -0.2) is 13.7 Å². The molecule has 0 heterocycles. The highest BCUT2D eigenvalue weighted by atomic mass is 16.5. The molecule has 1 aromatic rings. The molecule has 0 amide bonds. The number of rotatable bonds is 4. The van der Waals surface area contributed by atoms with Crippen LogP contribution in [0.5, 0.6) is 0 Å². The first-order chi connectivity index (χ1) is 5.88. The van der Waals surface area contributed by atoms with Crippen LogP contribution in [0.1, 0.15) is 11.1 Å². The second-order valence-corrected chi connectivity index (χ2v) is 2.65. The third kappa shape index (κ3) is 2.21. The summed E-state index contributed by atoms with van der Waals surface area (Å²) in [6, 6.07) is 8.24. The molecule has 0 N–H and O–H groups in total. The van der Waals surface area contributed by atoms with E-state index in [9.17, 15) is 0 Å². The molecule has 0 radical (unpaired) electrons.